The summed E-state index contributed by atoms with van der Waals surface area (Å²) in [5, 5.41) is 0. The molecule has 1 saturated carbocycles. The fraction of sp³-hybridized carbons (Fsp3) is 0.500. The SMILES string of the molecule is CC(CN(C)C(=O)c1ccc(Cn2cccc2)cc1)C1CCCCC1. The van der Waals surface area contributed by atoms with Gasteiger partial charge < -0.3 is 9.47 Å². The molecule has 1 fully saturated rings. The van der Waals surface area contributed by atoms with Crippen LogP contribution in [0, 0.1) is 11.8 Å². The van der Waals surface area contributed by atoms with E-state index in [1.807, 2.05) is 36.2 Å². The smallest absolute Gasteiger partial charge is 0.253 e. The Kier molecular flexibility index (Phi) is 5.95. The first-order chi connectivity index (χ1) is 12.1. The Labute approximate surface area is 151 Å². The third kappa shape index (κ3) is 4.75. The molecule has 0 saturated heterocycles. The summed E-state index contributed by atoms with van der Waals surface area (Å²) in [7, 11) is 1.94. The van der Waals surface area contributed by atoms with E-state index >= 15 is 0 Å². The first-order valence-electron chi connectivity index (χ1n) is 9.58. The highest BCUT2D eigenvalue weighted by atomic mass is 16.2. The van der Waals surface area contributed by atoms with E-state index in [0.29, 0.717) is 5.92 Å². The van der Waals surface area contributed by atoms with Crippen LogP contribution in [-0.2, 0) is 6.54 Å². The molecule has 0 N–H and O–H groups in total. The molecule has 0 radical (unpaired) electrons. The quantitative estimate of drug-likeness (QED) is 0.741. The van der Waals surface area contributed by atoms with E-state index in [2.05, 4.69) is 36.0 Å². The number of benzene rings is 1. The minimum atomic E-state index is 0.134. The zero-order valence-corrected chi connectivity index (χ0v) is 15.5. The molecule has 3 nitrogen and oxygen atoms in total. The van der Waals surface area contributed by atoms with Crippen LogP contribution >= 0.6 is 0 Å². The molecule has 2 aromatic rings. The topological polar surface area (TPSA) is 25.2 Å². The zero-order chi connectivity index (χ0) is 17.6. The number of nitrogens with zero attached hydrogens (tertiary/aromatic N) is 2. The standard InChI is InChI=1S/C22H30N2O/c1-18(20-8-4-3-5-9-20)16-23(2)22(25)21-12-10-19(11-13-21)17-24-14-6-7-15-24/h6-7,10-15,18,20H,3-5,8-9,16-17H2,1-2H3. The molecule has 1 aliphatic rings. The third-order valence-corrected chi connectivity index (χ3v) is 5.60. The van der Waals surface area contributed by atoms with Crippen LogP contribution in [0.5, 0.6) is 0 Å². The summed E-state index contributed by atoms with van der Waals surface area (Å²) < 4.78 is 2.13. The van der Waals surface area contributed by atoms with Crippen LogP contribution in [0.3, 0.4) is 0 Å². The van der Waals surface area contributed by atoms with E-state index in [1.54, 1.807) is 0 Å². The van der Waals surface area contributed by atoms with Crippen molar-refractivity contribution in [2.75, 3.05) is 13.6 Å². The fourth-order valence-corrected chi connectivity index (χ4v) is 4.03. The van der Waals surface area contributed by atoms with Crippen molar-refractivity contribution in [2.45, 2.75) is 45.6 Å². The van der Waals surface area contributed by atoms with Gasteiger partial charge >= 0.3 is 0 Å². The molecule has 134 valence electrons. The minimum absolute atomic E-state index is 0.134. The van der Waals surface area contributed by atoms with E-state index < -0.39 is 0 Å². The van der Waals surface area contributed by atoms with Gasteiger partial charge in [-0.1, -0.05) is 51.2 Å². The van der Waals surface area contributed by atoms with Crippen LogP contribution in [-0.4, -0.2) is 29.0 Å². The second kappa shape index (κ2) is 8.37. The van der Waals surface area contributed by atoms with Gasteiger partial charge in [0.25, 0.3) is 5.91 Å². The summed E-state index contributed by atoms with van der Waals surface area (Å²) in [5.41, 5.74) is 2.00. The summed E-state index contributed by atoms with van der Waals surface area (Å²) >= 11 is 0. The highest BCUT2D eigenvalue weighted by Gasteiger charge is 2.23. The Morgan fingerprint density at radius 2 is 1.76 bits per heavy atom. The van der Waals surface area contributed by atoms with Gasteiger partial charge in [-0.3, -0.25) is 4.79 Å². The highest BCUT2D eigenvalue weighted by molar-refractivity contribution is 5.94. The lowest BCUT2D eigenvalue weighted by atomic mass is 9.80. The predicted octanol–water partition coefficient (Wildman–Crippen LogP) is 4.82. The van der Waals surface area contributed by atoms with Gasteiger partial charge in [0, 0.05) is 38.1 Å². The molecule has 1 atom stereocenters. The van der Waals surface area contributed by atoms with Crippen molar-refractivity contribution in [3.8, 4) is 0 Å². The maximum absolute atomic E-state index is 12.7. The second-order valence-corrected chi connectivity index (χ2v) is 7.61. The lowest BCUT2D eigenvalue weighted by molar-refractivity contribution is 0.0750. The van der Waals surface area contributed by atoms with Crippen molar-refractivity contribution in [3.05, 3.63) is 59.9 Å². The average molecular weight is 338 g/mol. The van der Waals surface area contributed by atoms with Gasteiger partial charge in [-0.15, -0.1) is 0 Å². The second-order valence-electron chi connectivity index (χ2n) is 7.61. The van der Waals surface area contributed by atoms with Crippen molar-refractivity contribution in [1.29, 1.82) is 0 Å². The van der Waals surface area contributed by atoms with Crippen molar-refractivity contribution in [3.63, 3.8) is 0 Å². The molecule has 3 rings (SSSR count). The largest absolute Gasteiger partial charge is 0.350 e. The molecule has 1 amide bonds. The van der Waals surface area contributed by atoms with Crippen LogP contribution in [0.25, 0.3) is 0 Å². The van der Waals surface area contributed by atoms with Gasteiger partial charge in [-0.2, -0.15) is 0 Å². The maximum atomic E-state index is 12.7. The first-order valence-corrected chi connectivity index (χ1v) is 9.58. The van der Waals surface area contributed by atoms with Gasteiger partial charge in [0.15, 0.2) is 0 Å². The number of hydrogen-bond acceptors (Lipinski definition) is 1. The van der Waals surface area contributed by atoms with Crippen LogP contribution < -0.4 is 0 Å². The van der Waals surface area contributed by atoms with Crippen LogP contribution in [0.1, 0.15) is 54.9 Å². The number of aromatic nitrogens is 1. The number of hydrogen-bond donors (Lipinski definition) is 0. The van der Waals surface area contributed by atoms with E-state index in [0.717, 1.165) is 24.6 Å². The Bertz CT molecular complexity index is 654. The molecule has 1 heterocycles. The maximum Gasteiger partial charge on any atom is 0.253 e. The number of carbonyl (C=O) groups is 1. The normalized spacial score (nSPS) is 16.6. The first kappa shape index (κ1) is 17.8. The number of carbonyl (C=O) groups excluding carboxylic acids is 1. The molecule has 0 spiro atoms. The summed E-state index contributed by atoms with van der Waals surface area (Å²) in [5.74, 6) is 1.50. The van der Waals surface area contributed by atoms with Crippen molar-refractivity contribution in [2.24, 2.45) is 11.8 Å². The van der Waals surface area contributed by atoms with E-state index in [9.17, 15) is 4.79 Å². The fourth-order valence-electron chi connectivity index (χ4n) is 4.03. The molecular weight excluding hydrogens is 308 g/mol. The highest BCUT2D eigenvalue weighted by Crippen LogP contribution is 2.30. The minimum Gasteiger partial charge on any atom is -0.350 e. The van der Waals surface area contributed by atoms with Crippen LogP contribution in [0.15, 0.2) is 48.8 Å². The molecule has 3 heteroatoms. The van der Waals surface area contributed by atoms with E-state index in [4.69, 9.17) is 0 Å². The lowest BCUT2D eigenvalue weighted by Crippen LogP contribution is -2.34. The van der Waals surface area contributed by atoms with E-state index in [-0.39, 0.29) is 5.91 Å². The summed E-state index contributed by atoms with van der Waals surface area (Å²) in [6.07, 6.45) is 10.9. The molecule has 0 aliphatic heterocycles. The van der Waals surface area contributed by atoms with Gasteiger partial charge in [0.1, 0.15) is 0 Å². The van der Waals surface area contributed by atoms with Crippen LogP contribution in [0.4, 0.5) is 0 Å². The van der Waals surface area contributed by atoms with Crippen molar-refractivity contribution < 1.29 is 4.79 Å². The Hall–Kier alpha value is -2.03. The summed E-state index contributed by atoms with van der Waals surface area (Å²) in [6.45, 7) is 4.00. The third-order valence-electron chi connectivity index (χ3n) is 5.60. The monoisotopic (exact) mass is 338 g/mol. The lowest BCUT2D eigenvalue weighted by Gasteiger charge is -2.30. The summed E-state index contributed by atoms with van der Waals surface area (Å²) in [4.78, 5) is 14.6. The zero-order valence-electron chi connectivity index (χ0n) is 15.5. The van der Waals surface area contributed by atoms with E-state index in [1.165, 1.54) is 37.7 Å². The molecule has 1 aromatic heterocycles. The van der Waals surface area contributed by atoms with Gasteiger partial charge in [-0.05, 0) is 41.7 Å². The number of amides is 1. The van der Waals surface area contributed by atoms with Gasteiger partial charge in [0.2, 0.25) is 0 Å². The molecular formula is C22H30N2O. The van der Waals surface area contributed by atoms with Gasteiger partial charge in [0.05, 0.1) is 0 Å². The molecule has 1 aromatic carbocycles. The Balaban J connectivity index is 1.55. The van der Waals surface area contributed by atoms with Crippen molar-refractivity contribution >= 4 is 5.91 Å². The molecule has 0 bridgehead atoms. The average Bonchev–Trinajstić information content (AvgIpc) is 3.15. The molecule has 1 unspecified atom stereocenters. The van der Waals surface area contributed by atoms with Gasteiger partial charge in [-0.25, -0.2) is 0 Å². The van der Waals surface area contributed by atoms with Crippen LogP contribution in [0.2, 0.25) is 0 Å². The Morgan fingerprint density at radius 3 is 2.40 bits per heavy atom. The number of rotatable bonds is 6. The van der Waals surface area contributed by atoms with Crippen molar-refractivity contribution in [1.82, 2.24) is 9.47 Å². The predicted molar refractivity (Wildman–Crippen MR) is 103 cm³/mol. The Morgan fingerprint density at radius 1 is 1.12 bits per heavy atom. The molecule has 25 heavy (non-hydrogen) atoms. The summed E-state index contributed by atoms with van der Waals surface area (Å²) in [6, 6.07) is 12.1. The molecule has 1 aliphatic carbocycles.